The van der Waals surface area contributed by atoms with E-state index < -0.39 is 11.6 Å². The van der Waals surface area contributed by atoms with E-state index in [0.29, 0.717) is 48.0 Å². The number of hydrogen-bond acceptors (Lipinski definition) is 7. The molecule has 166 valence electrons. The van der Waals surface area contributed by atoms with Crippen LogP contribution in [0.1, 0.15) is 25.1 Å². The van der Waals surface area contributed by atoms with Crippen LogP contribution in [0.4, 0.5) is 5.69 Å². The van der Waals surface area contributed by atoms with E-state index in [1.54, 1.807) is 27.3 Å². The molecule has 2 atom stereocenters. The Labute approximate surface area is 185 Å². The molecule has 8 nitrogen and oxygen atoms in total. The van der Waals surface area contributed by atoms with Crippen LogP contribution in [0, 0.1) is 0 Å². The number of aliphatic hydroxyl groups is 1. The number of para-hydroxylation sites is 2. The first kappa shape index (κ1) is 20.4. The number of aromatic amines is 1. The highest BCUT2D eigenvalue weighted by molar-refractivity contribution is 6.30. The molecule has 3 aromatic rings. The third kappa shape index (κ3) is 2.94. The molecule has 2 aliphatic rings. The van der Waals surface area contributed by atoms with Gasteiger partial charge in [0.15, 0.2) is 5.78 Å². The van der Waals surface area contributed by atoms with E-state index in [2.05, 4.69) is 10.3 Å². The zero-order chi connectivity index (χ0) is 22.5. The first-order valence-corrected chi connectivity index (χ1v) is 10.6. The summed E-state index contributed by atoms with van der Waals surface area (Å²) in [6.07, 6.45) is 0.859. The van der Waals surface area contributed by atoms with Gasteiger partial charge in [0.05, 0.1) is 37.0 Å². The number of nitrogens with zero attached hydrogens (tertiary/aromatic N) is 2. The largest absolute Gasteiger partial charge is 0.497 e. The summed E-state index contributed by atoms with van der Waals surface area (Å²) in [6.45, 7) is 0. The van der Waals surface area contributed by atoms with E-state index >= 15 is 0 Å². The van der Waals surface area contributed by atoms with Gasteiger partial charge in [0, 0.05) is 31.7 Å². The molecule has 1 saturated carbocycles. The number of nitrogens with one attached hydrogen (secondary N) is 2. The maximum absolute atomic E-state index is 14.0. The molecule has 0 amide bonds. The molecule has 0 saturated heterocycles. The lowest BCUT2D eigenvalue weighted by molar-refractivity contribution is -0.117. The topological polar surface area (TPSA) is 99.7 Å². The first-order valence-electron chi connectivity index (χ1n) is 10.6. The molecule has 1 aromatic heterocycles. The van der Waals surface area contributed by atoms with Crippen molar-refractivity contribution in [3.8, 4) is 11.5 Å². The number of carbonyl (C=O) groups is 1. The molecule has 1 fully saturated rings. The Bertz CT molecular complexity index is 1180. The summed E-state index contributed by atoms with van der Waals surface area (Å²) < 4.78 is 11.0. The number of methoxy groups -OCH3 is 2. The summed E-state index contributed by atoms with van der Waals surface area (Å²) in [4.78, 5) is 24.0. The Kier molecular flexibility index (Phi) is 4.82. The van der Waals surface area contributed by atoms with Gasteiger partial charge in [0.1, 0.15) is 34.3 Å². The number of H-pyrrole nitrogens is 1. The fourth-order valence-corrected chi connectivity index (χ4v) is 5.00. The van der Waals surface area contributed by atoms with Crippen molar-refractivity contribution in [2.24, 2.45) is 0 Å². The Morgan fingerprint density at radius 2 is 1.91 bits per heavy atom. The minimum atomic E-state index is -0.913. The smallest absolute Gasteiger partial charge is 0.196 e. The average Bonchev–Trinajstić information content (AvgIpc) is 3.47. The number of benzene rings is 2. The second kappa shape index (κ2) is 7.56. The van der Waals surface area contributed by atoms with Gasteiger partial charge in [-0.1, -0.05) is 12.1 Å². The van der Waals surface area contributed by atoms with Gasteiger partial charge in [0.2, 0.25) is 0 Å². The summed E-state index contributed by atoms with van der Waals surface area (Å²) >= 11 is 0. The van der Waals surface area contributed by atoms with Crippen LogP contribution >= 0.6 is 0 Å². The minimum absolute atomic E-state index is 0.0563. The van der Waals surface area contributed by atoms with Gasteiger partial charge in [-0.3, -0.25) is 4.79 Å². The van der Waals surface area contributed by atoms with Crippen molar-refractivity contribution in [2.75, 3.05) is 26.2 Å². The third-order valence-electron chi connectivity index (χ3n) is 6.46. The van der Waals surface area contributed by atoms with E-state index in [9.17, 15) is 9.90 Å². The van der Waals surface area contributed by atoms with E-state index in [1.807, 2.05) is 41.3 Å². The van der Waals surface area contributed by atoms with Gasteiger partial charge in [-0.05, 0) is 25.0 Å². The number of aliphatic hydroxyl groups excluding tert-OH is 1. The Morgan fingerprint density at radius 3 is 2.50 bits per heavy atom. The second-order valence-corrected chi connectivity index (χ2v) is 8.24. The van der Waals surface area contributed by atoms with Gasteiger partial charge >= 0.3 is 0 Å². The van der Waals surface area contributed by atoms with Crippen molar-refractivity contribution < 1.29 is 19.4 Å². The summed E-state index contributed by atoms with van der Waals surface area (Å²) in [6, 6.07) is 13.2. The minimum Gasteiger partial charge on any atom is -0.497 e. The monoisotopic (exact) mass is 434 g/mol. The molecule has 32 heavy (non-hydrogen) atoms. The number of aromatic nitrogens is 2. The number of ether oxygens (including phenoxy) is 2. The van der Waals surface area contributed by atoms with Crippen LogP contribution < -0.4 is 19.7 Å². The Hall–Kier alpha value is -3.52. The van der Waals surface area contributed by atoms with Gasteiger partial charge in [0.25, 0.3) is 0 Å². The van der Waals surface area contributed by atoms with E-state index in [1.165, 1.54) is 0 Å². The molecular weight excluding hydrogens is 408 g/mol. The fraction of sp³-hybridized carbons (Fsp3) is 0.333. The van der Waals surface area contributed by atoms with Crippen LogP contribution in [0.5, 0.6) is 11.5 Å². The molecule has 2 heterocycles. The maximum Gasteiger partial charge on any atom is 0.196 e. The SMILES string of the molecule is CNC1=C(c2nc3ccccc3[nH]2)C(=O)C2(CCC(O)C2)N1c1cc(OC)cc(OC)c1. The van der Waals surface area contributed by atoms with Gasteiger partial charge in [-0.2, -0.15) is 0 Å². The summed E-state index contributed by atoms with van der Waals surface area (Å²) in [5, 5.41) is 13.7. The van der Waals surface area contributed by atoms with Gasteiger partial charge in [-0.15, -0.1) is 0 Å². The number of anilines is 1. The summed E-state index contributed by atoms with van der Waals surface area (Å²) in [7, 11) is 4.98. The molecule has 2 aromatic carbocycles. The fourth-order valence-electron chi connectivity index (χ4n) is 5.00. The molecule has 1 aliphatic carbocycles. The quantitative estimate of drug-likeness (QED) is 0.568. The summed E-state index contributed by atoms with van der Waals surface area (Å²) in [5.74, 6) is 2.33. The second-order valence-electron chi connectivity index (χ2n) is 8.24. The highest BCUT2D eigenvalue weighted by atomic mass is 16.5. The highest BCUT2D eigenvalue weighted by Crippen LogP contribution is 2.50. The van der Waals surface area contributed by atoms with Crippen LogP contribution in [0.25, 0.3) is 16.6 Å². The molecule has 8 heteroatoms. The normalized spacial score (nSPS) is 22.9. The van der Waals surface area contributed by atoms with Crippen molar-refractivity contribution in [3.63, 3.8) is 0 Å². The predicted octanol–water partition coefficient (Wildman–Crippen LogP) is 2.84. The maximum atomic E-state index is 14.0. The molecule has 1 spiro atoms. The lowest BCUT2D eigenvalue weighted by Gasteiger charge is -2.37. The standard InChI is InChI=1S/C24H26N4O4/c1-25-23-20(22-26-18-6-4-5-7-19(18)27-22)21(30)24(9-8-15(29)13-24)28(23)14-10-16(31-2)12-17(11-14)32-3/h4-7,10-12,15,25,29H,8-9,13H2,1-3H3,(H,26,27). The molecule has 0 bridgehead atoms. The predicted molar refractivity (Wildman–Crippen MR) is 122 cm³/mol. The lowest BCUT2D eigenvalue weighted by atomic mass is 9.89. The molecule has 1 aliphatic heterocycles. The molecule has 2 unspecified atom stereocenters. The van der Waals surface area contributed by atoms with Crippen molar-refractivity contribution in [1.29, 1.82) is 0 Å². The van der Waals surface area contributed by atoms with Crippen LogP contribution in [-0.4, -0.2) is 53.8 Å². The van der Waals surface area contributed by atoms with E-state index in [-0.39, 0.29) is 5.78 Å². The van der Waals surface area contributed by atoms with Crippen molar-refractivity contribution in [1.82, 2.24) is 15.3 Å². The average molecular weight is 434 g/mol. The number of hydrogen-bond donors (Lipinski definition) is 3. The van der Waals surface area contributed by atoms with Crippen LogP contribution in [0.3, 0.4) is 0 Å². The highest BCUT2D eigenvalue weighted by Gasteiger charge is 2.57. The molecular formula is C24H26N4O4. The molecule has 5 rings (SSSR count). The number of carbonyl (C=O) groups excluding carboxylic acids is 1. The summed E-state index contributed by atoms with van der Waals surface area (Å²) in [5.41, 5.74) is 1.97. The first-order chi connectivity index (χ1) is 15.5. The third-order valence-corrected chi connectivity index (χ3v) is 6.46. The van der Waals surface area contributed by atoms with Gasteiger partial charge in [-0.25, -0.2) is 4.98 Å². The number of ketones is 1. The number of Topliss-reactive ketones (excluding diaryl/α,β-unsaturated/α-hetero) is 1. The number of imidazole rings is 1. The van der Waals surface area contributed by atoms with Crippen LogP contribution in [0.2, 0.25) is 0 Å². The number of rotatable bonds is 5. The van der Waals surface area contributed by atoms with E-state index in [0.717, 1.165) is 16.7 Å². The number of fused-ring (bicyclic) bond motifs is 1. The van der Waals surface area contributed by atoms with Crippen molar-refractivity contribution >= 4 is 28.1 Å². The lowest BCUT2D eigenvalue weighted by Crippen LogP contribution is -2.49. The zero-order valence-corrected chi connectivity index (χ0v) is 18.3. The van der Waals surface area contributed by atoms with Gasteiger partial charge < -0.3 is 29.8 Å². The van der Waals surface area contributed by atoms with Crippen molar-refractivity contribution in [3.05, 3.63) is 54.1 Å². The molecule has 3 N–H and O–H groups in total. The van der Waals surface area contributed by atoms with Crippen molar-refractivity contribution in [2.45, 2.75) is 30.9 Å². The molecule has 0 radical (unpaired) electrons. The Morgan fingerprint density at radius 1 is 1.19 bits per heavy atom. The van der Waals surface area contributed by atoms with E-state index in [4.69, 9.17) is 14.5 Å². The van der Waals surface area contributed by atoms with Crippen LogP contribution in [0.15, 0.2) is 48.3 Å². The zero-order valence-electron chi connectivity index (χ0n) is 18.3. The Balaban J connectivity index is 1.74. The van der Waals surface area contributed by atoms with Crippen LogP contribution in [-0.2, 0) is 4.79 Å².